The Hall–Kier alpha value is -0.320. The first-order valence-electron chi connectivity index (χ1n) is 5.25. The average molecular weight is 237 g/mol. The largest absolute Gasteiger partial charge is 0.383 e. The first-order valence-corrected chi connectivity index (χ1v) is 5.25. The quantitative estimate of drug-likeness (QED) is 0.702. The number of ether oxygens (including phenoxy) is 1. The second-order valence-corrected chi connectivity index (χ2v) is 3.78. The molecule has 0 bridgehead atoms. The molecule has 2 N–H and O–H groups in total. The molecule has 2 atom stereocenters. The Morgan fingerprint density at radius 2 is 2.33 bits per heavy atom. The summed E-state index contributed by atoms with van der Waals surface area (Å²) in [7, 11) is 1.64. The van der Waals surface area contributed by atoms with Gasteiger partial charge in [0.1, 0.15) is 0 Å². The van der Waals surface area contributed by atoms with Crippen molar-refractivity contribution in [3.05, 3.63) is 0 Å². The van der Waals surface area contributed by atoms with Crippen molar-refractivity contribution in [3.8, 4) is 0 Å². The molecule has 5 heteroatoms. The lowest BCUT2D eigenvalue weighted by Gasteiger charge is -2.28. The van der Waals surface area contributed by atoms with Gasteiger partial charge in [-0.15, -0.1) is 12.4 Å². The second kappa shape index (κ2) is 7.91. The number of halogens is 1. The number of methoxy groups -OCH3 is 1. The SMILES string of the molecule is COCCNC(=O)[C@@H]1CCCN[C@@H]1C.Cl. The van der Waals surface area contributed by atoms with Crippen molar-refractivity contribution in [2.24, 2.45) is 5.92 Å². The van der Waals surface area contributed by atoms with Crippen molar-refractivity contribution in [2.75, 3.05) is 26.8 Å². The molecule has 0 aliphatic carbocycles. The smallest absolute Gasteiger partial charge is 0.224 e. The van der Waals surface area contributed by atoms with Gasteiger partial charge in [-0.2, -0.15) is 0 Å². The lowest BCUT2D eigenvalue weighted by Crippen LogP contribution is -2.47. The number of carbonyl (C=O) groups is 1. The summed E-state index contributed by atoms with van der Waals surface area (Å²) < 4.78 is 4.88. The van der Waals surface area contributed by atoms with Gasteiger partial charge < -0.3 is 15.4 Å². The van der Waals surface area contributed by atoms with E-state index in [0.29, 0.717) is 19.2 Å². The van der Waals surface area contributed by atoms with Crippen LogP contribution >= 0.6 is 12.4 Å². The minimum Gasteiger partial charge on any atom is -0.383 e. The van der Waals surface area contributed by atoms with Crippen LogP contribution in [0.25, 0.3) is 0 Å². The number of rotatable bonds is 4. The number of piperidine rings is 1. The highest BCUT2D eigenvalue weighted by atomic mass is 35.5. The first-order chi connectivity index (χ1) is 6.75. The molecule has 1 amide bonds. The van der Waals surface area contributed by atoms with Gasteiger partial charge in [0, 0.05) is 19.7 Å². The standard InChI is InChI=1S/C10H20N2O2.ClH/c1-8-9(4-3-5-11-8)10(13)12-6-7-14-2;/h8-9,11H,3-7H2,1-2H3,(H,12,13);1H/t8-,9-;/m1./s1. The van der Waals surface area contributed by atoms with E-state index in [1.165, 1.54) is 0 Å². The van der Waals surface area contributed by atoms with Crippen LogP contribution in [0.2, 0.25) is 0 Å². The fraction of sp³-hybridized carbons (Fsp3) is 0.900. The van der Waals surface area contributed by atoms with Gasteiger partial charge in [-0.25, -0.2) is 0 Å². The Bertz CT molecular complexity index is 190. The first kappa shape index (κ1) is 14.7. The van der Waals surface area contributed by atoms with E-state index in [2.05, 4.69) is 17.6 Å². The van der Waals surface area contributed by atoms with Crippen LogP contribution in [0.4, 0.5) is 0 Å². The molecule has 1 aliphatic rings. The van der Waals surface area contributed by atoms with Gasteiger partial charge in [-0.3, -0.25) is 4.79 Å². The maximum absolute atomic E-state index is 11.7. The Kier molecular flexibility index (Phi) is 7.74. The summed E-state index contributed by atoms with van der Waals surface area (Å²) in [6.07, 6.45) is 2.08. The topological polar surface area (TPSA) is 50.4 Å². The number of nitrogens with one attached hydrogen (secondary N) is 2. The molecule has 0 aromatic rings. The highest BCUT2D eigenvalue weighted by Crippen LogP contribution is 2.15. The van der Waals surface area contributed by atoms with Crippen LogP contribution in [0.15, 0.2) is 0 Å². The summed E-state index contributed by atoms with van der Waals surface area (Å²) in [4.78, 5) is 11.7. The molecular formula is C10H21ClN2O2. The fourth-order valence-corrected chi connectivity index (χ4v) is 1.81. The molecule has 0 aromatic carbocycles. The lowest BCUT2D eigenvalue weighted by molar-refractivity contribution is -0.126. The highest BCUT2D eigenvalue weighted by Gasteiger charge is 2.26. The van der Waals surface area contributed by atoms with E-state index >= 15 is 0 Å². The molecule has 90 valence electrons. The third-order valence-corrected chi connectivity index (χ3v) is 2.70. The molecule has 4 nitrogen and oxygen atoms in total. The van der Waals surface area contributed by atoms with Crippen molar-refractivity contribution in [1.29, 1.82) is 0 Å². The molecule has 15 heavy (non-hydrogen) atoms. The van der Waals surface area contributed by atoms with E-state index in [0.717, 1.165) is 19.4 Å². The van der Waals surface area contributed by atoms with Crippen LogP contribution < -0.4 is 10.6 Å². The predicted molar refractivity (Wildman–Crippen MR) is 62.3 cm³/mol. The summed E-state index contributed by atoms with van der Waals surface area (Å²) >= 11 is 0. The number of amides is 1. The number of hydrogen-bond acceptors (Lipinski definition) is 3. The van der Waals surface area contributed by atoms with Crippen LogP contribution in [-0.4, -0.2) is 38.8 Å². The minimum atomic E-state index is 0. The molecule has 0 saturated carbocycles. The lowest BCUT2D eigenvalue weighted by atomic mass is 9.91. The van der Waals surface area contributed by atoms with Gasteiger partial charge in [-0.05, 0) is 26.3 Å². The van der Waals surface area contributed by atoms with Crippen molar-refractivity contribution in [3.63, 3.8) is 0 Å². The van der Waals surface area contributed by atoms with Crippen LogP contribution in [0.5, 0.6) is 0 Å². The molecule has 1 heterocycles. The highest BCUT2D eigenvalue weighted by molar-refractivity contribution is 5.85. The normalized spacial score (nSPS) is 25.5. The third-order valence-electron chi connectivity index (χ3n) is 2.70. The maximum Gasteiger partial charge on any atom is 0.224 e. The zero-order valence-electron chi connectivity index (χ0n) is 9.41. The van der Waals surface area contributed by atoms with E-state index < -0.39 is 0 Å². The summed E-state index contributed by atoms with van der Waals surface area (Å²) in [5.41, 5.74) is 0. The average Bonchev–Trinajstić information content (AvgIpc) is 2.18. The predicted octanol–water partition coefficient (Wildman–Crippen LogP) is 0.559. The molecule has 0 aromatic heterocycles. The van der Waals surface area contributed by atoms with E-state index in [1.54, 1.807) is 7.11 Å². The van der Waals surface area contributed by atoms with E-state index in [1.807, 2.05) is 0 Å². The van der Waals surface area contributed by atoms with Crippen molar-refractivity contribution < 1.29 is 9.53 Å². The number of hydrogen-bond donors (Lipinski definition) is 2. The summed E-state index contributed by atoms with van der Waals surface area (Å²) in [5.74, 6) is 0.280. The number of carbonyl (C=O) groups excluding carboxylic acids is 1. The molecular weight excluding hydrogens is 216 g/mol. The van der Waals surface area contributed by atoms with Crippen molar-refractivity contribution in [1.82, 2.24) is 10.6 Å². The van der Waals surface area contributed by atoms with E-state index in [9.17, 15) is 4.79 Å². The molecule has 1 saturated heterocycles. The molecule has 0 spiro atoms. The van der Waals surface area contributed by atoms with Gasteiger partial charge in [0.15, 0.2) is 0 Å². The van der Waals surface area contributed by atoms with E-state index in [-0.39, 0.29) is 24.2 Å². The second-order valence-electron chi connectivity index (χ2n) is 3.78. The monoisotopic (exact) mass is 236 g/mol. The van der Waals surface area contributed by atoms with Gasteiger partial charge in [0.2, 0.25) is 5.91 Å². The maximum atomic E-state index is 11.7. The Morgan fingerprint density at radius 1 is 1.60 bits per heavy atom. The Morgan fingerprint density at radius 3 is 2.93 bits per heavy atom. The molecule has 0 unspecified atom stereocenters. The van der Waals surface area contributed by atoms with Crippen molar-refractivity contribution in [2.45, 2.75) is 25.8 Å². The third kappa shape index (κ3) is 4.82. The van der Waals surface area contributed by atoms with E-state index in [4.69, 9.17) is 4.74 Å². The van der Waals surface area contributed by atoms with Crippen molar-refractivity contribution >= 4 is 18.3 Å². The van der Waals surface area contributed by atoms with Crippen LogP contribution in [0, 0.1) is 5.92 Å². The van der Waals surface area contributed by atoms with Crippen LogP contribution in [-0.2, 0) is 9.53 Å². The zero-order chi connectivity index (χ0) is 10.4. The zero-order valence-corrected chi connectivity index (χ0v) is 10.2. The fourth-order valence-electron chi connectivity index (χ4n) is 1.81. The van der Waals surface area contributed by atoms with Gasteiger partial charge >= 0.3 is 0 Å². The Balaban J connectivity index is 0.00000196. The van der Waals surface area contributed by atoms with Crippen LogP contribution in [0.3, 0.4) is 0 Å². The summed E-state index contributed by atoms with van der Waals surface area (Å²) in [5, 5.41) is 6.19. The summed E-state index contributed by atoms with van der Waals surface area (Å²) in [6, 6.07) is 0.297. The molecule has 1 fully saturated rings. The molecule has 0 radical (unpaired) electrons. The minimum absolute atomic E-state index is 0. The van der Waals surface area contributed by atoms with Gasteiger partial charge in [-0.1, -0.05) is 0 Å². The Labute approximate surface area is 97.5 Å². The van der Waals surface area contributed by atoms with Crippen LogP contribution in [0.1, 0.15) is 19.8 Å². The molecule has 1 rings (SSSR count). The molecule has 1 aliphatic heterocycles. The van der Waals surface area contributed by atoms with Gasteiger partial charge in [0.05, 0.1) is 12.5 Å². The summed E-state index contributed by atoms with van der Waals surface area (Å²) in [6.45, 7) is 4.29. The van der Waals surface area contributed by atoms with Gasteiger partial charge in [0.25, 0.3) is 0 Å².